The maximum absolute atomic E-state index is 11.7. The van der Waals surface area contributed by atoms with Crippen LogP contribution in [0.1, 0.15) is 44.7 Å². The third-order valence-electron chi connectivity index (χ3n) is 4.47. The van der Waals surface area contributed by atoms with Gasteiger partial charge in [-0.3, -0.25) is 9.89 Å². The van der Waals surface area contributed by atoms with E-state index in [2.05, 4.69) is 26.1 Å². The minimum absolute atomic E-state index is 0.0676. The maximum atomic E-state index is 11.7. The third-order valence-corrected chi connectivity index (χ3v) is 4.47. The van der Waals surface area contributed by atoms with Gasteiger partial charge in [-0.05, 0) is 57.4 Å². The van der Waals surface area contributed by atoms with Crippen LogP contribution in [0.2, 0.25) is 0 Å². The molecule has 8 heteroatoms. The number of aromatic amines is 1. The van der Waals surface area contributed by atoms with E-state index in [0.717, 1.165) is 42.1 Å². The number of nitrogens with zero attached hydrogens (tertiary/aromatic N) is 1. The Balaban J connectivity index is 1.53. The number of aromatic nitrogens is 2. The van der Waals surface area contributed by atoms with E-state index in [9.17, 15) is 9.59 Å². The van der Waals surface area contributed by atoms with Crippen molar-refractivity contribution < 1.29 is 14.3 Å². The van der Waals surface area contributed by atoms with Gasteiger partial charge in [0.15, 0.2) is 0 Å². The van der Waals surface area contributed by atoms with Crippen molar-refractivity contribution in [2.24, 2.45) is 0 Å². The Morgan fingerprint density at radius 3 is 2.70 bits per heavy atom. The average Bonchev–Trinajstić information content (AvgIpc) is 3.25. The summed E-state index contributed by atoms with van der Waals surface area (Å²) in [6, 6.07) is 9.43. The van der Waals surface area contributed by atoms with Crippen LogP contribution in [0.5, 0.6) is 0 Å². The molecule has 1 saturated carbocycles. The highest BCUT2D eigenvalue weighted by Gasteiger charge is 2.30. The first kappa shape index (κ1) is 18.8. The molecule has 1 fully saturated rings. The van der Waals surface area contributed by atoms with E-state index in [4.69, 9.17) is 4.74 Å². The predicted molar refractivity (Wildman–Crippen MR) is 103 cm³/mol. The van der Waals surface area contributed by atoms with Crippen molar-refractivity contribution >= 4 is 29.7 Å². The molecular weight excluding hydrogens is 346 g/mol. The summed E-state index contributed by atoms with van der Waals surface area (Å²) < 4.78 is 5.47. The molecular formula is C19H25N5O3. The van der Waals surface area contributed by atoms with Crippen LogP contribution < -0.4 is 16.0 Å². The summed E-state index contributed by atoms with van der Waals surface area (Å²) in [4.78, 5) is 22.2. The summed E-state index contributed by atoms with van der Waals surface area (Å²) in [6.07, 6.45) is 2.79. The van der Waals surface area contributed by atoms with Gasteiger partial charge in [0.05, 0.1) is 5.69 Å². The van der Waals surface area contributed by atoms with Gasteiger partial charge in [0.25, 0.3) is 0 Å². The minimum Gasteiger partial charge on any atom is -0.446 e. The van der Waals surface area contributed by atoms with E-state index in [0.29, 0.717) is 6.41 Å². The number of benzene rings is 1. The summed E-state index contributed by atoms with van der Waals surface area (Å²) in [7, 11) is 0. The van der Waals surface area contributed by atoms with E-state index in [1.54, 1.807) is 0 Å². The molecule has 0 bridgehead atoms. The van der Waals surface area contributed by atoms with Crippen molar-refractivity contribution in [3.05, 3.63) is 36.0 Å². The van der Waals surface area contributed by atoms with Crippen LogP contribution in [-0.2, 0) is 9.53 Å². The minimum atomic E-state index is -0.354. The van der Waals surface area contributed by atoms with Crippen molar-refractivity contribution in [2.45, 2.75) is 51.2 Å². The zero-order valence-corrected chi connectivity index (χ0v) is 15.5. The van der Waals surface area contributed by atoms with Gasteiger partial charge in [0, 0.05) is 29.4 Å². The molecule has 1 aromatic heterocycles. The molecule has 2 atom stereocenters. The van der Waals surface area contributed by atoms with E-state index in [1.165, 1.54) is 0 Å². The molecule has 0 unspecified atom stereocenters. The Bertz CT molecular complexity index is 772. The molecule has 1 aliphatic rings. The van der Waals surface area contributed by atoms with Crippen LogP contribution >= 0.6 is 0 Å². The van der Waals surface area contributed by atoms with E-state index in [1.807, 2.05) is 44.2 Å². The predicted octanol–water partition coefficient (Wildman–Crippen LogP) is 3.49. The molecule has 1 heterocycles. The fourth-order valence-corrected chi connectivity index (χ4v) is 3.22. The molecule has 2 aromatic rings. The quantitative estimate of drug-likeness (QED) is 0.557. The number of rotatable bonds is 7. The second-order valence-electron chi connectivity index (χ2n) is 7.01. The van der Waals surface area contributed by atoms with Gasteiger partial charge >= 0.3 is 6.09 Å². The SMILES string of the molecule is CC(C)NC(=O)O[C@@H]1CC[C@H](c2cc(Nc3ccc(NC=O)cc3)[nH]n2)C1. The van der Waals surface area contributed by atoms with Crippen molar-refractivity contribution in [2.75, 3.05) is 10.6 Å². The molecule has 144 valence electrons. The standard InChI is InChI=1S/C19H25N5O3/c1-12(2)21-19(26)27-16-8-3-13(9-16)17-10-18(24-23-17)22-15-6-4-14(5-7-15)20-11-25/h4-7,10-13,16H,3,8-9H2,1-2H3,(H,20,25)(H,21,26)(H2,22,23,24)/t13-,16+/m0/s1. The Labute approximate surface area is 158 Å². The summed E-state index contributed by atoms with van der Waals surface area (Å²) in [5.74, 6) is 1.07. The van der Waals surface area contributed by atoms with Crippen molar-refractivity contribution in [3.63, 3.8) is 0 Å². The lowest BCUT2D eigenvalue weighted by molar-refractivity contribution is -0.105. The summed E-state index contributed by atoms with van der Waals surface area (Å²) in [5, 5.41) is 16.0. The van der Waals surface area contributed by atoms with Gasteiger partial charge in [0.2, 0.25) is 6.41 Å². The largest absolute Gasteiger partial charge is 0.446 e. The van der Waals surface area contributed by atoms with Gasteiger partial charge in [0.1, 0.15) is 11.9 Å². The molecule has 0 aliphatic heterocycles. The molecule has 3 rings (SSSR count). The van der Waals surface area contributed by atoms with Crippen LogP contribution in [-0.4, -0.2) is 34.8 Å². The second kappa shape index (κ2) is 8.57. The van der Waals surface area contributed by atoms with Crippen molar-refractivity contribution in [3.8, 4) is 0 Å². The number of carbonyl (C=O) groups is 2. The fourth-order valence-electron chi connectivity index (χ4n) is 3.22. The zero-order chi connectivity index (χ0) is 19.2. The van der Waals surface area contributed by atoms with E-state index in [-0.39, 0.29) is 24.2 Å². The van der Waals surface area contributed by atoms with Crippen LogP contribution in [0.15, 0.2) is 30.3 Å². The normalized spacial score (nSPS) is 18.9. The van der Waals surface area contributed by atoms with Crippen molar-refractivity contribution in [1.82, 2.24) is 15.5 Å². The third kappa shape index (κ3) is 5.22. The number of H-pyrrole nitrogens is 1. The van der Waals surface area contributed by atoms with Gasteiger partial charge in [-0.1, -0.05) is 0 Å². The highest BCUT2D eigenvalue weighted by molar-refractivity contribution is 5.72. The first-order valence-electron chi connectivity index (χ1n) is 9.13. The van der Waals surface area contributed by atoms with Crippen LogP contribution in [0.4, 0.5) is 22.0 Å². The number of ether oxygens (including phenoxy) is 1. The van der Waals surface area contributed by atoms with Gasteiger partial charge < -0.3 is 20.7 Å². The fraction of sp³-hybridized carbons (Fsp3) is 0.421. The molecule has 8 nitrogen and oxygen atoms in total. The molecule has 27 heavy (non-hydrogen) atoms. The van der Waals surface area contributed by atoms with Crippen LogP contribution in [0, 0.1) is 0 Å². The number of alkyl carbamates (subject to hydrolysis) is 1. The topological polar surface area (TPSA) is 108 Å². The maximum Gasteiger partial charge on any atom is 0.407 e. The summed E-state index contributed by atoms with van der Waals surface area (Å²) in [6.45, 7) is 3.81. The van der Waals surface area contributed by atoms with Crippen LogP contribution in [0.3, 0.4) is 0 Å². The zero-order valence-electron chi connectivity index (χ0n) is 15.5. The molecule has 1 aromatic carbocycles. The lowest BCUT2D eigenvalue weighted by Gasteiger charge is -2.14. The first-order chi connectivity index (χ1) is 13.0. The average molecular weight is 371 g/mol. The Morgan fingerprint density at radius 1 is 1.26 bits per heavy atom. The highest BCUT2D eigenvalue weighted by Crippen LogP contribution is 2.36. The lowest BCUT2D eigenvalue weighted by atomic mass is 10.0. The van der Waals surface area contributed by atoms with Gasteiger partial charge in [-0.25, -0.2) is 4.79 Å². The number of anilines is 3. The van der Waals surface area contributed by atoms with E-state index >= 15 is 0 Å². The first-order valence-corrected chi connectivity index (χ1v) is 9.13. The number of hydrogen-bond acceptors (Lipinski definition) is 5. The Hall–Kier alpha value is -3.03. The molecule has 0 spiro atoms. The van der Waals surface area contributed by atoms with Crippen molar-refractivity contribution in [1.29, 1.82) is 0 Å². The van der Waals surface area contributed by atoms with Gasteiger partial charge in [-0.15, -0.1) is 0 Å². The van der Waals surface area contributed by atoms with E-state index < -0.39 is 0 Å². The molecule has 0 radical (unpaired) electrons. The smallest absolute Gasteiger partial charge is 0.407 e. The summed E-state index contributed by atoms with van der Waals surface area (Å²) >= 11 is 0. The van der Waals surface area contributed by atoms with Crippen LogP contribution in [0.25, 0.3) is 0 Å². The number of amides is 2. The Kier molecular flexibility index (Phi) is 5.95. The second-order valence-corrected chi connectivity index (χ2v) is 7.01. The number of hydrogen-bond donors (Lipinski definition) is 4. The Morgan fingerprint density at radius 2 is 2.00 bits per heavy atom. The number of nitrogens with one attached hydrogen (secondary N) is 4. The molecule has 4 N–H and O–H groups in total. The monoisotopic (exact) mass is 371 g/mol. The molecule has 0 saturated heterocycles. The molecule has 2 amide bonds. The molecule has 1 aliphatic carbocycles. The lowest BCUT2D eigenvalue weighted by Crippen LogP contribution is -2.33. The van der Waals surface area contributed by atoms with Gasteiger partial charge in [-0.2, -0.15) is 5.10 Å². The number of carbonyl (C=O) groups excluding carboxylic acids is 2. The summed E-state index contributed by atoms with van der Waals surface area (Å²) in [5.41, 5.74) is 2.59. The highest BCUT2D eigenvalue weighted by atomic mass is 16.6.